The first-order valence-corrected chi connectivity index (χ1v) is 7.68. The molecule has 6 nitrogen and oxygen atoms in total. The number of amides is 2. The fourth-order valence-corrected chi connectivity index (χ4v) is 3.25. The average Bonchev–Trinajstić information content (AvgIpc) is 2.81. The van der Waals surface area contributed by atoms with E-state index in [1.54, 1.807) is 0 Å². The predicted molar refractivity (Wildman–Crippen MR) is 77.3 cm³/mol. The third kappa shape index (κ3) is 3.69. The molecule has 1 heterocycles. The number of carbonyl (C=O) groups is 2. The molecule has 0 saturated heterocycles. The van der Waals surface area contributed by atoms with Crippen molar-refractivity contribution in [3.8, 4) is 0 Å². The van der Waals surface area contributed by atoms with Crippen molar-refractivity contribution >= 4 is 28.5 Å². The number of nitrogens with zero attached hydrogens (tertiary/aromatic N) is 2. The van der Waals surface area contributed by atoms with Crippen LogP contribution in [0.5, 0.6) is 0 Å². The standard InChI is InChI=1S/C13H19N3O3S/c1-2-16(8-7-11(17)18)13(19)15-12-14-9-5-3-4-6-10(9)20-12/h2-8H2,1H3,(H,17,18)(H,14,15,19). The molecular formula is C13H19N3O3S. The maximum Gasteiger partial charge on any atom is 0.323 e. The summed E-state index contributed by atoms with van der Waals surface area (Å²) in [6.45, 7) is 2.52. The van der Waals surface area contributed by atoms with Gasteiger partial charge in [0, 0.05) is 18.0 Å². The zero-order valence-corrected chi connectivity index (χ0v) is 12.3. The van der Waals surface area contributed by atoms with Gasteiger partial charge in [-0.2, -0.15) is 0 Å². The summed E-state index contributed by atoms with van der Waals surface area (Å²) < 4.78 is 0. The highest BCUT2D eigenvalue weighted by atomic mass is 32.1. The normalized spacial score (nSPS) is 13.7. The molecule has 7 heteroatoms. The quantitative estimate of drug-likeness (QED) is 0.874. The fourth-order valence-electron chi connectivity index (χ4n) is 2.21. The average molecular weight is 297 g/mol. The first-order chi connectivity index (χ1) is 9.60. The van der Waals surface area contributed by atoms with Gasteiger partial charge in [-0.3, -0.25) is 10.1 Å². The number of aliphatic carboxylic acids is 1. The zero-order chi connectivity index (χ0) is 14.5. The van der Waals surface area contributed by atoms with Crippen LogP contribution in [0.4, 0.5) is 9.93 Å². The van der Waals surface area contributed by atoms with Gasteiger partial charge in [-0.15, -0.1) is 11.3 Å². The first kappa shape index (κ1) is 14.8. The van der Waals surface area contributed by atoms with E-state index < -0.39 is 5.97 Å². The first-order valence-electron chi connectivity index (χ1n) is 6.86. The molecule has 2 N–H and O–H groups in total. The van der Waals surface area contributed by atoms with Crippen LogP contribution in [-0.4, -0.2) is 40.1 Å². The Labute approximate surface area is 121 Å². The van der Waals surface area contributed by atoms with E-state index in [1.807, 2.05) is 6.92 Å². The number of hydrogen-bond acceptors (Lipinski definition) is 4. The van der Waals surface area contributed by atoms with Gasteiger partial charge in [-0.25, -0.2) is 9.78 Å². The molecule has 0 fully saturated rings. The highest BCUT2D eigenvalue weighted by molar-refractivity contribution is 7.15. The molecule has 1 aliphatic rings. The maximum atomic E-state index is 12.1. The number of carbonyl (C=O) groups excluding carboxylic acids is 1. The number of carboxylic acids is 1. The third-order valence-corrected chi connectivity index (χ3v) is 4.40. The van der Waals surface area contributed by atoms with Crippen molar-refractivity contribution in [2.75, 3.05) is 18.4 Å². The van der Waals surface area contributed by atoms with Crippen LogP contribution in [0, 0.1) is 0 Å². The number of aromatic nitrogens is 1. The van der Waals surface area contributed by atoms with E-state index in [9.17, 15) is 9.59 Å². The van der Waals surface area contributed by atoms with Gasteiger partial charge >= 0.3 is 12.0 Å². The number of urea groups is 1. The molecule has 0 radical (unpaired) electrons. The molecule has 20 heavy (non-hydrogen) atoms. The van der Waals surface area contributed by atoms with Gasteiger partial charge in [0.1, 0.15) is 0 Å². The third-order valence-electron chi connectivity index (χ3n) is 3.32. The van der Waals surface area contributed by atoms with Crippen LogP contribution in [0.1, 0.15) is 36.8 Å². The molecule has 2 amide bonds. The molecule has 0 bridgehead atoms. The Kier molecular flexibility index (Phi) is 4.94. The summed E-state index contributed by atoms with van der Waals surface area (Å²) in [7, 11) is 0. The van der Waals surface area contributed by atoms with E-state index in [-0.39, 0.29) is 19.0 Å². The summed E-state index contributed by atoms with van der Waals surface area (Å²) in [4.78, 5) is 29.8. The van der Waals surface area contributed by atoms with Crippen molar-refractivity contribution in [1.29, 1.82) is 0 Å². The van der Waals surface area contributed by atoms with Crippen LogP contribution in [0.2, 0.25) is 0 Å². The molecule has 1 aromatic rings. The maximum absolute atomic E-state index is 12.1. The molecule has 1 aromatic heterocycles. The number of thiazole rings is 1. The Morgan fingerprint density at radius 2 is 2.15 bits per heavy atom. The Morgan fingerprint density at radius 3 is 2.80 bits per heavy atom. The second-order valence-electron chi connectivity index (χ2n) is 4.75. The van der Waals surface area contributed by atoms with Gasteiger partial charge < -0.3 is 10.0 Å². The zero-order valence-electron chi connectivity index (χ0n) is 11.5. The Bertz CT molecular complexity index is 478. The lowest BCUT2D eigenvalue weighted by atomic mass is 10.0. The number of rotatable bonds is 5. The molecule has 0 spiro atoms. The van der Waals surface area contributed by atoms with Crippen LogP contribution in [-0.2, 0) is 17.6 Å². The van der Waals surface area contributed by atoms with E-state index in [4.69, 9.17) is 5.11 Å². The van der Waals surface area contributed by atoms with Crippen LogP contribution in [0.3, 0.4) is 0 Å². The van der Waals surface area contributed by atoms with Gasteiger partial charge in [-0.05, 0) is 32.6 Å². The van der Waals surface area contributed by atoms with Crippen molar-refractivity contribution in [3.05, 3.63) is 10.6 Å². The second-order valence-corrected chi connectivity index (χ2v) is 5.83. The Hall–Kier alpha value is -1.63. The topological polar surface area (TPSA) is 82.5 Å². The summed E-state index contributed by atoms with van der Waals surface area (Å²) in [6.07, 6.45) is 4.32. The smallest absolute Gasteiger partial charge is 0.323 e. The minimum Gasteiger partial charge on any atom is -0.481 e. The lowest BCUT2D eigenvalue weighted by Crippen LogP contribution is -2.36. The van der Waals surface area contributed by atoms with Crippen molar-refractivity contribution in [1.82, 2.24) is 9.88 Å². The molecule has 2 rings (SSSR count). The molecule has 0 aliphatic heterocycles. The van der Waals surface area contributed by atoms with Gasteiger partial charge in [-0.1, -0.05) is 0 Å². The van der Waals surface area contributed by atoms with Crippen molar-refractivity contribution in [3.63, 3.8) is 0 Å². The number of nitrogens with one attached hydrogen (secondary N) is 1. The molecule has 1 aliphatic carbocycles. The minimum absolute atomic E-state index is 0.0460. The summed E-state index contributed by atoms with van der Waals surface area (Å²) in [5.74, 6) is -0.902. The summed E-state index contributed by atoms with van der Waals surface area (Å²) in [5, 5.41) is 12.1. The number of aryl methyl sites for hydroxylation is 2. The molecule has 0 atom stereocenters. The fraction of sp³-hybridized carbons (Fsp3) is 0.615. The van der Waals surface area contributed by atoms with Gasteiger partial charge in [0.15, 0.2) is 5.13 Å². The van der Waals surface area contributed by atoms with Gasteiger partial charge in [0.2, 0.25) is 0 Å². The van der Waals surface area contributed by atoms with Gasteiger partial charge in [0.05, 0.1) is 12.1 Å². The molecule has 110 valence electrons. The number of hydrogen-bond donors (Lipinski definition) is 2. The van der Waals surface area contributed by atoms with Crippen molar-refractivity contribution in [2.24, 2.45) is 0 Å². The lowest BCUT2D eigenvalue weighted by molar-refractivity contribution is -0.137. The van der Waals surface area contributed by atoms with Crippen LogP contribution in [0.25, 0.3) is 0 Å². The molecule has 0 saturated carbocycles. The van der Waals surface area contributed by atoms with Crippen molar-refractivity contribution < 1.29 is 14.7 Å². The van der Waals surface area contributed by atoms with E-state index in [0.717, 1.165) is 25.0 Å². The summed E-state index contributed by atoms with van der Waals surface area (Å²) in [5.41, 5.74) is 1.10. The molecule has 0 unspecified atom stereocenters. The van der Waals surface area contributed by atoms with E-state index in [2.05, 4.69) is 10.3 Å². The minimum atomic E-state index is -0.902. The van der Waals surface area contributed by atoms with E-state index in [0.29, 0.717) is 11.7 Å². The van der Waals surface area contributed by atoms with Crippen LogP contribution >= 0.6 is 11.3 Å². The highest BCUT2D eigenvalue weighted by Gasteiger charge is 2.18. The highest BCUT2D eigenvalue weighted by Crippen LogP contribution is 2.29. The van der Waals surface area contributed by atoms with E-state index in [1.165, 1.54) is 27.5 Å². The predicted octanol–water partition coefficient (Wildman–Crippen LogP) is 2.35. The monoisotopic (exact) mass is 297 g/mol. The second kappa shape index (κ2) is 6.69. The number of anilines is 1. The van der Waals surface area contributed by atoms with Crippen LogP contribution in [0.15, 0.2) is 0 Å². The largest absolute Gasteiger partial charge is 0.481 e. The van der Waals surface area contributed by atoms with Crippen LogP contribution < -0.4 is 5.32 Å². The Morgan fingerprint density at radius 1 is 1.40 bits per heavy atom. The summed E-state index contributed by atoms with van der Waals surface area (Å²) >= 11 is 1.53. The van der Waals surface area contributed by atoms with E-state index >= 15 is 0 Å². The molecular weight excluding hydrogens is 278 g/mol. The number of fused-ring (bicyclic) bond motifs is 1. The summed E-state index contributed by atoms with van der Waals surface area (Å²) in [6, 6.07) is -0.278. The Balaban J connectivity index is 1.95. The SMILES string of the molecule is CCN(CCC(=O)O)C(=O)Nc1nc2c(s1)CCCC2. The lowest BCUT2D eigenvalue weighted by Gasteiger charge is -2.19. The van der Waals surface area contributed by atoms with Gasteiger partial charge in [0.25, 0.3) is 0 Å². The number of carboxylic acid groups (broad SMARTS) is 1. The molecule has 0 aromatic carbocycles. The van der Waals surface area contributed by atoms with Crippen molar-refractivity contribution in [2.45, 2.75) is 39.0 Å².